The second-order valence-electron chi connectivity index (χ2n) is 7.12. The zero-order valence-electron chi connectivity index (χ0n) is 14.5. The number of H-pyrrole nitrogens is 1. The van der Waals surface area contributed by atoms with Crippen LogP contribution in [0.5, 0.6) is 0 Å². The van der Waals surface area contributed by atoms with E-state index in [9.17, 15) is 0 Å². The third-order valence-electron chi connectivity index (χ3n) is 4.68. The fourth-order valence-corrected chi connectivity index (χ4v) is 4.22. The van der Waals surface area contributed by atoms with Crippen molar-refractivity contribution in [2.75, 3.05) is 18.0 Å². The van der Waals surface area contributed by atoms with E-state index in [0.29, 0.717) is 21.1 Å². The van der Waals surface area contributed by atoms with Crippen LogP contribution in [0, 0.1) is 5.41 Å². The Morgan fingerprint density at radius 1 is 1.19 bits per heavy atom. The average molecular weight is 409 g/mol. The molecule has 0 atom stereocenters. The van der Waals surface area contributed by atoms with Crippen molar-refractivity contribution in [2.45, 2.75) is 36.6 Å². The smallest absolute Gasteiger partial charge is 0.177 e. The van der Waals surface area contributed by atoms with Gasteiger partial charge in [0.25, 0.3) is 0 Å². The summed E-state index contributed by atoms with van der Waals surface area (Å²) in [5, 5.41) is 8.72. The average Bonchev–Trinajstić information content (AvgIpc) is 3.01. The SMILES string of the molecule is CC1(C)CCN(c2cnc3c(Sc4ccnc(Cl)c4Cl)n[nH]c3n2)CC1. The lowest BCUT2D eigenvalue weighted by Gasteiger charge is -2.37. The third-order valence-corrected chi connectivity index (χ3v) is 6.60. The largest absolute Gasteiger partial charge is 0.355 e. The number of nitrogens with zero attached hydrogens (tertiary/aromatic N) is 5. The molecule has 6 nitrogen and oxygen atoms in total. The number of anilines is 1. The summed E-state index contributed by atoms with van der Waals surface area (Å²) in [7, 11) is 0. The van der Waals surface area contributed by atoms with Crippen LogP contribution in [0.3, 0.4) is 0 Å². The minimum absolute atomic E-state index is 0.276. The van der Waals surface area contributed by atoms with Crippen molar-refractivity contribution in [1.29, 1.82) is 0 Å². The highest BCUT2D eigenvalue weighted by molar-refractivity contribution is 7.99. The number of pyridine rings is 1. The van der Waals surface area contributed by atoms with Gasteiger partial charge < -0.3 is 4.90 Å². The second-order valence-corrected chi connectivity index (χ2v) is 8.89. The summed E-state index contributed by atoms with van der Waals surface area (Å²) in [6.07, 6.45) is 5.74. The number of piperidine rings is 1. The standard InChI is InChI=1S/C17H18Cl2N6S/c1-17(2)4-7-25(8-5-17)11-9-21-13-15(22-11)23-24-16(13)26-10-3-6-20-14(19)12(10)18/h3,6,9H,4-5,7-8H2,1-2H3,(H,22,23,24). The van der Waals surface area contributed by atoms with Crippen LogP contribution in [-0.2, 0) is 0 Å². The molecule has 4 rings (SSSR count). The van der Waals surface area contributed by atoms with E-state index in [1.165, 1.54) is 11.8 Å². The number of nitrogens with one attached hydrogen (secondary N) is 1. The van der Waals surface area contributed by atoms with E-state index < -0.39 is 0 Å². The summed E-state index contributed by atoms with van der Waals surface area (Å²) >= 11 is 13.6. The van der Waals surface area contributed by atoms with Crippen molar-refractivity contribution in [1.82, 2.24) is 25.1 Å². The monoisotopic (exact) mass is 408 g/mol. The van der Waals surface area contributed by atoms with Crippen molar-refractivity contribution in [3.8, 4) is 0 Å². The molecule has 1 N–H and O–H groups in total. The Labute approximate surface area is 165 Å². The predicted molar refractivity (Wildman–Crippen MR) is 105 cm³/mol. The van der Waals surface area contributed by atoms with Crippen LogP contribution in [-0.4, -0.2) is 38.2 Å². The topological polar surface area (TPSA) is 70.6 Å². The Balaban J connectivity index is 1.59. The molecule has 1 aliphatic rings. The fraction of sp³-hybridized carbons (Fsp3) is 0.412. The Morgan fingerprint density at radius 3 is 2.73 bits per heavy atom. The van der Waals surface area contributed by atoms with E-state index in [1.807, 2.05) is 6.20 Å². The first-order valence-corrected chi connectivity index (χ1v) is 9.94. The molecule has 0 spiro atoms. The molecule has 136 valence electrons. The van der Waals surface area contributed by atoms with Crippen LogP contribution in [0.1, 0.15) is 26.7 Å². The number of aromatic amines is 1. The summed E-state index contributed by atoms with van der Waals surface area (Å²) in [6, 6.07) is 1.80. The highest BCUT2D eigenvalue weighted by Crippen LogP contribution is 2.37. The molecular weight excluding hydrogens is 391 g/mol. The number of hydrogen-bond acceptors (Lipinski definition) is 6. The van der Waals surface area contributed by atoms with Gasteiger partial charge in [-0.25, -0.2) is 15.0 Å². The van der Waals surface area contributed by atoms with Gasteiger partial charge in [0.1, 0.15) is 16.5 Å². The number of halogens is 2. The lowest BCUT2D eigenvalue weighted by atomic mass is 9.83. The molecule has 3 aromatic rings. The summed E-state index contributed by atoms with van der Waals surface area (Å²) in [4.78, 5) is 16.3. The minimum atomic E-state index is 0.276. The van der Waals surface area contributed by atoms with E-state index in [1.54, 1.807) is 12.3 Å². The summed E-state index contributed by atoms with van der Waals surface area (Å²) in [6.45, 7) is 6.62. The molecule has 0 aliphatic carbocycles. The van der Waals surface area contributed by atoms with Crippen molar-refractivity contribution >= 4 is 51.9 Å². The normalized spacial score (nSPS) is 17.0. The molecule has 0 bridgehead atoms. The van der Waals surface area contributed by atoms with E-state index in [2.05, 4.69) is 38.9 Å². The Morgan fingerprint density at radius 2 is 1.96 bits per heavy atom. The van der Waals surface area contributed by atoms with Crippen LogP contribution in [0.25, 0.3) is 11.2 Å². The van der Waals surface area contributed by atoms with Gasteiger partial charge in [-0.2, -0.15) is 5.10 Å². The first kappa shape index (κ1) is 17.8. The van der Waals surface area contributed by atoms with Gasteiger partial charge in [-0.3, -0.25) is 5.10 Å². The van der Waals surface area contributed by atoms with Gasteiger partial charge in [0.05, 0.1) is 11.2 Å². The Kier molecular flexibility index (Phi) is 4.71. The van der Waals surface area contributed by atoms with Gasteiger partial charge in [-0.15, -0.1) is 0 Å². The number of rotatable bonds is 3. The van der Waals surface area contributed by atoms with Gasteiger partial charge >= 0.3 is 0 Å². The van der Waals surface area contributed by atoms with Crippen molar-refractivity contribution < 1.29 is 0 Å². The maximum Gasteiger partial charge on any atom is 0.177 e. The minimum Gasteiger partial charge on any atom is -0.355 e. The molecule has 1 fully saturated rings. The van der Waals surface area contributed by atoms with E-state index in [-0.39, 0.29) is 5.15 Å². The molecule has 0 amide bonds. The zero-order valence-corrected chi connectivity index (χ0v) is 16.8. The maximum absolute atomic E-state index is 6.22. The van der Waals surface area contributed by atoms with Crippen LogP contribution >= 0.6 is 35.0 Å². The fourth-order valence-electron chi connectivity index (χ4n) is 2.92. The lowest BCUT2D eigenvalue weighted by molar-refractivity contribution is 0.279. The first-order chi connectivity index (χ1) is 12.4. The molecule has 0 unspecified atom stereocenters. The van der Waals surface area contributed by atoms with Gasteiger partial charge in [0.2, 0.25) is 0 Å². The summed E-state index contributed by atoms with van der Waals surface area (Å²) in [5.41, 5.74) is 1.79. The maximum atomic E-state index is 6.22. The molecule has 4 heterocycles. The molecule has 1 saturated heterocycles. The van der Waals surface area contributed by atoms with Gasteiger partial charge in [0, 0.05) is 24.2 Å². The van der Waals surface area contributed by atoms with Crippen LogP contribution < -0.4 is 4.90 Å². The number of hydrogen-bond donors (Lipinski definition) is 1. The first-order valence-electron chi connectivity index (χ1n) is 8.37. The third kappa shape index (κ3) is 3.48. The van der Waals surface area contributed by atoms with Crippen LogP contribution in [0.2, 0.25) is 10.2 Å². The molecule has 0 aromatic carbocycles. The Hall–Kier alpha value is -1.57. The second kappa shape index (κ2) is 6.87. The lowest BCUT2D eigenvalue weighted by Crippen LogP contribution is -2.37. The number of fused-ring (bicyclic) bond motifs is 1. The number of aromatic nitrogens is 5. The molecule has 26 heavy (non-hydrogen) atoms. The highest BCUT2D eigenvalue weighted by atomic mass is 35.5. The molecule has 3 aromatic heterocycles. The van der Waals surface area contributed by atoms with Gasteiger partial charge in [-0.05, 0) is 24.3 Å². The van der Waals surface area contributed by atoms with Crippen molar-refractivity contribution in [3.63, 3.8) is 0 Å². The van der Waals surface area contributed by atoms with Crippen molar-refractivity contribution in [3.05, 3.63) is 28.6 Å². The molecule has 0 radical (unpaired) electrons. The summed E-state index contributed by atoms with van der Waals surface area (Å²) < 4.78 is 0. The quantitative estimate of drug-likeness (QED) is 0.625. The van der Waals surface area contributed by atoms with Gasteiger partial charge in [-0.1, -0.05) is 48.8 Å². The van der Waals surface area contributed by atoms with E-state index in [0.717, 1.165) is 42.2 Å². The summed E-state index contributed by atoms with van der Waals surface area (Å²) in [5.74, 6) is 0.887. The Bertz CT molecular complexity index is 948. The molecule has 0 saturated carbocycles. The van der Waals surface area contributed by atoms with Crippen LogP contribution in [0.4, 0.5) is 5.82 Å². The predicted octanol–water partition coefficient (Wildman–Crippen LogP) is 4.83. The van der Waals surface area contributed by atoms with E-state index in [4.69, 9.17) is 28.2 Å². The van der Waals surface area contributed by atoms with Gasteiger partial charge in [0.15, 0.2) is 10.7 Å². The highest BCUT2D eigenvalue weighted by Gasteiger charge is 2.26. The van der Waals surface area contributed by atoms with E-state index >= 15 is 0 Å². The van der Waals surface area contributed by atoms with Crippen molar-refractivity contribution in [2.24, 2.45) is 5.41 Å². The van der Waals surface area contributed by atoms with Crippen LogP contribution in [0.15, 0.2) is 28.4 Å². The zero-order chi connectivity index (χ0) is 18.3. The molecule has 9 heteroatoms. The molecule has 1 aliphatic heterocycles. The molecular formula is C17H18Cl2N6S.